The van der Waals surface area contributed by atoms with Crippen molar-refractivity contribution in [1.29, 1.82) is 0 Å². The number of nitrogens with zero attached hydrogens (tertiary/aromatic N) is 1. The summed E-state index contributed by atoms with van der Waals surface area (Å²) in [6.07, 6.45) is 9.09. The number of thioether (sulfide) groups is 1. The molecule has 1 fully saturated rings. The van der Waals surface area contributed by atoms with Crippen molar-refractivity contribution in [2.75, 3.05) is 23.4 Å². The Bertz CT molecular complexity index is 1510. The Morgan fingerprint density at radius 1 is 0.974 bits per heavy atom. The molecular weight excluding hydrogens is 502 g/mol. The molecule has 3 aromatic rings. The Morgan fingerprint density at radius 3 is 2.64 bits per heavy atom. The predicted octanol–water partition coefficient (Wildman–Crippen LogP) is 6.42. The highest BCUT2D eigenvalue weighted by Crippen LogP contribution is 2.37. The molecule has 2 atom stereocenters. The summed E-state index contributed by atoms with van der Waals surface area (Å²) in [4.78, 5) is 29.7. The van der Waals surface area contributed by atoms with Crippen LogP contribution in [0.3, 0.4) is 0 Å². The smallest absolute Gasteiger partial charge is 0.256 e. The van der Waals surface area contributed by atoms with Gasteiger partial charge in [-0.05, 0) is 59.9 Å². The Morgan fingerprint density at radius 2 is 1.79 bits per heavy atom. The van der Waals surface area contributed by atoms with Crippen LogP contribution in [-0.4, -0.2) is 40.7 Å². The highest BCUT2D eigenvalue weighted by molar-refractivity contribution is 7.99. The summed E-state index contributed by atoms with van der Waals surface area (Å²) in [5.74, 6) is 1.83. The molecule has 1 saturated heterocycles. The topological polar surface area (TPSA) is 61.4 Å². The zero-order chi connectivity index (χ0) is 26.8. The first-order valence-electron chi connectivity index (χ1n) is 13.4. The molecule has 196 valence electrons. The molecule has 0 bridgehead atoms. The average molecular weight is 534 g/mol. The van der Waals surface area contributed by atoms with Crippen molar-refractivity contribution in [1.82, 2.24) is 10.2 Å². The van der Waals surface area contributed by atoms with Crippen LogP contribution in [0.5, 0.6) is 0 Å². The summed E-state index contributed by atoms with van der Waals surface area (Å²) in [6, 6.07) is 23.2. The summed E-state index contributed by atoms with van der Waals surface area (Å²) in [5.41, 5.74) is 7.15. The van der Waals surface area contributed by atoms with Crippen molar-refractivity contribution in [3.05, 3.63) is 125 Å². The van der Waals surface area contributed by atoms with E-state index in [9.17, 15) is 9.59 Å². The maximum absolute atomic E-state index is 14.0. The van der Waals surface area contributed by atoms with Gasteiger partial charge in [0.2, 0.25) is 0 Å². The van der Waals surface area contributed by atoms with Crippen molar-refractivity contribution in [2.24, 2.45) is 5.92 Å². The number of aryl methyl sites for hydroxylation is 1. The van der Waals surface area contributed by atoms with E-state index in [1.807, 2.05) is 97.7 Å². The number of benzene rings is 3. The number of carbonyl (C=O) groups excluding carboxylic acids is 2. The predicted molar refractivity (Wildman–Crippen MR) is 160 cm³/mol. The average Bonchev–Trinajstić information content (AvgIpc) is 3.17. The van der Waals surface area contributed by atoms with E-state index < -0.39 is 0 Å². The zero-order valence-electron chi connectivity index (χ0n) is 21.9. The van der Waals surface area contributed by atoms with E-state index in [2.05, 4.69) is 33.9 Å². The molecule has 5 nitrogen and oxygen atoms in total. The third-order valence-corrected chi connectivity index (χ3v) is 8.67. The van der Waals surface area contributed by atoms with Gasteiger partial charge in [0, 0.05) is 53.0 Å². The first-order valence-corrected chi connectivity index (χ1v) is 14.5. The number of nitrogens with one attached hydrogen (secondary N) is 2. The van der Waals surface area contributed by atoms with E-state index in [1.165, 1.54) is 5.70 Å². The summed E-state index contributed by atoms with van der Waals surface area (Å²) in [6.45, 7) is 2.89. The second kappa shape index (κ2) is 11.0. The Kier molecular flexibility index (Phi) is 7.12. The van der Waals surface area contributed by atoms with Gasteiger partial charge in [-0.2, -0.15) is 11.8 Å². The van der Waals surface area contributed by atoms with Crippen LogP contribution in [-0.2, 0) is 0 Å². The number of anilines is 1. The standard InChI is InChI=1S/C33H31N3O2S/c1-22-18-25(35-33(38)29-12-6-5-11-28(29)23-8-3-2-4-9-23)14-15-27(22)32(37)30-13-7-10-24-19-34-20-26-21-39-17-16-36(26)31(24)30/h2-12,14-15,18-20,30-31,34H,13,16-17,21H2,1H3,(H,35,38). The first-order chi connectivity index (χ1) is 19.1. The van der Waals surface area contributed by atoms with Gasteiger partial charge in [-0.15, -0.1) is 0 Å². The lowest BCUT2D eigenvalue weighted by molar-refractivity contribution is 0.0849. The number of hydrogen-bond donors (Lipinski definition) is 2. The molecule has 0 spiro atoms. The molecule has 0 saturated carbocycles. The Hall–Kier alpha value is -4.03. The summed E-state index contributed by atoms with van der Waals surface area (Å²) < 4.78 is 0. The highest BCUT2D eigenvalue weighted by atomic mass is 32.2. The lowest BCUT2D eigenvalue weighted by atomic mass is 9.79. The second-order valence-electron chi connectivity index (χ2n) is 10.1. The molecule has 2 N–H and O–H groups in total. The van der Waals surface area contributed by atoms with Gasteiger partial charge < -0.3 is 15.5 Å². The highest BCUT2D eigenvalue weighted by Gasteiger charge is 2.39. The van der Waals surface area contributed by atoms with Crippen molar-refractivity contribution >= 4 is 29.1 Å². The lowest BCUT2D eigenvalue weighted by Gasteiger charge is -2.42. The first kappa shape index (κ1) is 25.3. The monoisotopic (exact) mass is 533 g/mol. The van der Waals surface area contributed by atoms with Gasteiger partial charge in [0.25, 0.3) is 5.91 Å². The van der Waals surface area contributed by atoms with E-state index in [4.69, 9.17) is 0 Å². The van der Waals surface area contributed by atoms with Gasteiger partial charge in [-0.1, -0.05) is 60.7 Å². The Balaban J connectivity index is 1.24. The fourth-order valence-corrected chi connectivity index (χ4v) is 6.73. The Labute approximate surface area is 233 Å². The molecule has 2 unspecified atom stereocenters. The summed E-state index contributed by atoms with van der Waals surface area (Å²) >= 11 is 1.93. The summed E-state index contributed by atoms with van der Waals surface area (Å²) in [7, 11) is 0. The number of amides is 1. The fraction of sp³-hybridized carbons (Fsp3) is 0.212. The number of Topliss-reactive ketones (excluding diaryl/α,β-unsaturated/α-hetero) is 1. The molecular formula is C33H31N3O2S. The minimum atomic E-state index is -0.173. The van der Waals surface area contributed by atoms with Crippen LogP contribution in [0.15, 0.2) is 109 Å². The third kappa shape index (κ3) is 5.04. The van der Waals surface area contributed by atoms with E-state index in [1.54, 1.807) is 0 Å². The quantitative estimate of drug-likeness (QED) is 0.371. The number of rotatable bonds is 5. The zero-order valence-corrected chi connectivity index (χ0v) is 22.7. The van der Waals surface area contributed by atoms with Crippen molar-refractivity contribution in [2.45, 2.75) is 19.4 Å². The van der Waals surface area contributed by atoms with Crippen LogP contribution in [0.4, 0.5) is 5.69 Å². The molecule has 6 rings (SSSR count). The number of allylic oxidation sites excluding steroid dienone is 1. The van der Waals surface area contributed by atoms with Gasteiger partial charge in [0.1, 0.15) is 0 Å². The molecule has 3 aromatic carbocycles. The SMILES string of the molecule is Cc1cc(NC(=O)c2ccccc2-c2ccccc2)ccc1C(=O)C1CC=CC2=CNC=C3CSCCN3C21. The minimum absolute atomic E-state index is 0.0258. The minimum Gasteiger partial charge on any atom is -0.366 e. The van der Waals surface area contributed by atoms with Crippen molar-refractivity contribution in [3.63, 3.8) is 0 Å². The van der Waals surface area contributed by atoms with Crippen LogP contribution in [0.25, 0.3) is 11.1 Å². The maximum Gasteiger partial charge on any atom is 0.256 e. The lowest BCUT2D eigenvalue weighted by Crippen LogP contribution is -2.47. The molecule has 2 heterocycles. The van der Waals surface area contributed by atoms with Crippen molar-refractivity contribution in [3.8, 4) is 11.1 Å². The van der Waals surface area contributed by atoms with Gasteiger partial charge in [0.15, 0.2) is 5.78 Å². The molecule has 39 heavy (non-hydrogen) atoms. The van der Waals surface area contributed by atoms with Crippen LogP contribution in [0.1, 0.15) is 32.7 Å². The molecule has 1 aliphatic carbocycles. The van der Waals surface area contributed by atoms with Gasteiger partial charge >= 0.3 is 0 Å². The number of hydrogen-bond acceptors (Lipinski definition) is 5. The molecule has 2 aliphatic heterocycles. The molecule has 0 aromatic heterocycles. The second-order valence-corrected chi connectivity index (χ2v) is 11.2. The van der Waals surface area contributed by atoms with E-state index in [0.29, 0.717) is 23.2 Å². The molecule has 0 radical (unpaired) electrons. The number of ketones is 1. The largest absolute Gasteiger partial charge is 0.366 e. The van der Waals surface area contributed by atoms with Gasteiger partial charge in [0.05, 0.1) is 12.0 Å². The number of fused-ring (bicyclic) bond motifs is 3. The van der Waals surface area contributed by atoms with E-state index in [-0.39, 0.29) is 23.7 Å². The van der Waals surface area contributed by atoms with Crippen LogP contribution in [0.2, 0.25) is 0 Å². The van der Waals surface area contributed by atoms with Gasteiger partial charge in [-0.25, -0.2) is 0 Å². The molecule has 6 heteroatoms. The van der Waals surface area contributed by atoms with Crippen LogP contribution < -0.4 is 10.6 Å². The number of carbonyl (C=O) groups is 2. The van der Waals surface area contributed by atoms with Crippen molar-refractivity contribution < 1.29 is 9.59 Å². The van der Waals surface area contributed by atoms with Crippen LogP contribution in [0, 0.1) is 12.8 Å². The third-order valence-electron chi connectivity index (χ3n) is 7.70. The van der Waals surface area contributed by atoms with Gasteiger partial charge in [-0.3, -0.25) is 9.59 Å². The van der Waals surface area contributed by atoms with E-state index in [0.717, 1.165) is 40.3 Å². The molecule has 3 aliphatic rings. The van der Waals surface area contributed by atoms with Crippen LogP contribution >= 0.6 is 11.8 Å². The normalized spacial score (nSPS) is 20.0. The van der Waals surface area contributed by atoms with E-state index >= 15 is 0 Å². The maximum atomic E-state index is 14.0. The summed E-state index contributed by atoms with van der Waals surface area (Å²) in [5, 5.41) is 6.38. The molecule has 1 amide bonds. The fourth-order valence-electron chi connectivity index (χ4n) is 5.80.